The number of carboxylic acids is 2. The molecule has 0 aromatic heterocycles. The Bertz CT molecular complexity index is 426. The first-order chi connectivity index (χ1) is 10.4. The molecule has 6 heteroatoms. The van der Waals surface area contributed by atoms with Gasteiger partial charge in [-0.15, -0.1) is 0 Å². The van der Waals surface area contributed by atoms with Crippen molar-refractivity contribution in [3.63, 3.8) is 0 Å². The molecule has 2 atom stereocenters. The van der Waals surface area contributed by atoms with Gasteiger partial charge >= 0.3 is 11.9 Å². The molecule has 0 spiro atoms. The van der Waals surface area contributed by atoms with Crippen molar-refractivity contribution in [3.8, 4) is 0 Å². The molecule has 0 aliphatic carbocycles. The second kappa shape index (κ2) is 8.90. The fourth-order valence-corrected chi connectivity index (χ4v) is 2.69. The molecule has 1 aliphatic heterocycles. The molecule has 1 fully saturated rings. The number of hydrogen-bond donors (Lipinski definition) is 2. The van der Waals surface area contributed by atoms with Crippen LogP contribution in [0, 0.1) is 11.8 Å². The Morgan fingerprint density at radius 2 is 1.73 bits per heavy atom. The molecular weight excluding hydrogens is 286 g/mol. The average molecular weight is 313 g/mol. The summed E-state index contributed by atoms with van der Waals surface area (Å²) >= 11 is 0. The van der Waals surface area contributed by atoms with Gasteiger partial charge < -0.3 is 14.9 Å². The van der Waals surface area contributed by atoms with E-state index in [4.69, 9.17) is 4.74 Å². The first kappa shape index (κ1) is 18.6. The minimum atomic E-state index is -1.12. The van der Waals surface area contributed by atoms with Gasteiger partial charge in [-0.05, 0) is 18.3 Å². The van der Waals surface area contributed by atoms with E-state index in [0.29, 0.717) is 19.8 Å². The summed E-state index contributed by atoms with van der Waals surface area (Å²) in [6, 6.07) is 0. The minimum absolute atomic E-state index is 0.0341. The van der Waals surface area contributed by atoms with Crippen molar-refractivity contribution in [3.05, 3.63) is 11.1 Å². The Hall–Kier alpha value is -1.40. The summed E-state index contributed by atoms with van der Waals surface area (Å²) in [4.78, 5) is 25.3. The van der Waals surface area contributed by atoms with Crippen molar-refractivity contribution >= 4 is 11.9 Å². The molecule has 0 aromatic carbocycles. The second-order valence-electron chi connectivity index (χ2n) is 5.88. The molecule has 1 aliphatic rings. The van der Waals surface area contributed by atoms with Crippen LogP contribution in [0.3, 0.4) is 0 Å². The van der Waals surface area contributed by atoms with Gasteiger partial charge in [-0.2, -0.15) is 0 Å². The predicted octanol–water partition coefficient (Wildman–Crippen LogP) is 1.86. The Labute approximate surface area is 131 Å². The van der Waals surface area contributed by atoms with Crippen LogP contribution in [0.1, 0.15) is 33.6 Å². The number of carbonyl (C=O) groups is 2. The van der Waals surface area contributed by atoms with Crippen LogP contribution in [-0.4, -0.2) is 59.9 Å². The molecular formula is C16H27NO5. The zero-order valence-electron chi connectivity index (χ0n) is 13.7. The van der Waals surface area contributed by atoms with Gasteiger partial charge in [0.05, 0.1) is 18.8 Å². The summed E-state index contributed by atoms with van der Waals surface area (Å²) in [5.41, 5.74) is 0.0851. The molecule has 0 bridgehead atoms. The molecule has 0 amide bonds. The van der Waals surface area contributed by atoms with Crippen LogP contribution in [0.25, 0.3) is 0 Å². The monoisotopic (exact) mass is 313 g/mol. The molecule has 6 nitrogen and oxygen atoms in total. The molecule has 1 rings (SSSR count). The fraction of sp³-hybridized carbons (Fsp3) is 0.750. The van der Waals surface area contributed by atoms with Crippen LogP contribution in [-0.2, 0) is 14.3 Å². The summed E-state index contributed by atoms with van der Waals surface area (Å²) in [5.74, 6) is -2.39. The first-order valence-corrected chi connectivity index (χ1v) is 7.88. The van der Waals surface area contributed by atoms with Gasteiger partial charge in [-0.25, -0.2) is 9.59 Å². The van der Waals surface area contributed by atoms with Gasteiger partial charge in [0.25, 0.3) is 0 Å². The second-order valence-corrected chi connectivity index (χ2v) is 5.88. The van der Waals surface area contributed by atoms with Crippen molar-refractivity contribution in [2.75, 3.05) is 32.8 Å². The van der Waals surface area contributed by atoms with Gasteiger partial charge in [-0.3, -0.25) is 4.90 Å². The number of morpholine rings is 1. The predicted molar refractivity (Wildman–Crippen MR) is 82.8 cm³/mol. The molecule has 0 aromatic rings. The largest absolute Gasteiger partial charge is 0.478 e. The number of ether oxygens (including phenoxy) is 1. The summed E-state index contributed by atoms with van der Waals surface area (Å²) in [6.45, 7) is 9.09. The Morgan fingerprint density at radius 1 is 1.14 bits per heavy atom. The smallest absolute Gasteiger partial charge is 0.332 e. The van der Waals surface area contributed by atoms with Gasteiger partial charge in [0.15, 0.2) is 0 Å². The Morgan fingerprint density at radius 3 is 2.18 bits per heavy atom. The van der Waals surface area contributed by atoms with Crippen molar-refractivity contribution in [2.24, 2.45) is 11.8 Å². The number of nitrogens with zero attached hydrogens (tertiary/aromatic N) is 1. The van der Waals surface area contributed by atoms with Crippen molar-refractivity contribution in [1.82, 2.24) is 4.90 Å². The molecule has 22 heavy (non-hydrogen) atoms. The van der Waals surface area contributed by atoms with Crippen LogP contribution < -0.4 is 0 Å². The van der Waals surface area contributed by atoms with Gasteiger partial charge in [-0.1, -0.05) is 27.2 Å². The molecule has 0 saturated carbocycles. The molecule has 2 unspecified atom stereocenters. The lowest BCUT2D eigenvalue weighted by Crippen LogP contribution is -2.37. The van der Waals surface area contributed by atoms with Crippen LogP contribution in [0.2, 0.25) is 0 Å². The van der Waals surface area contributed by atoms with E-state index in [-0.39, 0.29) is 29.4 Å². The minimum Gasteiger partial charge on any atom is -0.478 e. The quantitative estimate of drug-likeness (QED) is 0.665. The van der Waals surface area contributed by atoms with Crippen molar-refractivity contribution < 1.29 is 24.5 Å². The lowest BCUT2D eigenvalue weighted by Gasteiger charge is -2.27. The average Bonchev–Trinajstić information content (AvgIpc) is 2.50. The van der Waals surface area contributed by atoms with Gasteiger partial charge in [0, 0.05) is 25.2 Å². The summed E-state index contributed by atoms with van der Waals surface area (Å²) in [7, 11) is 0. The SMILES string of the molecule is CCC(C)C(C)C(C(=O)O)=C(CCN1CCOCC1)C(=O)O. The summed E-state index contributed by atoms with van der Waals surface area (Å²) < 4.78 is 5.26. The Kier molecular flexibility index (Phi) is 7.55. The number of hydrogen-bond acceptors (Lipinski definition) is 4. The van der Waals surface area contributed by atoms with E-state index >= 15 is 0 Å². The molecule has 0 radical (unpaired) electrons. The number of rotatable bonds is 8. The first-order valence-electron chi connectivity index (χ1n) is 7.88. The van der Waals surface area contributed by atoms with Gasteiger partial charge in [0.1, 0.15) is 0 Å². The van der Waals surface area contributed by atoms with Gasteiger partial charge in [0.2, 0.25) is 0 Å². The normalized spacial score (nSPS) is 20.1. The summed E-state index contributed by atoms with van der Waals surface area (Å²) in [5, 5.41) is 19.0. The molecule has 1 heterocycles. The van der Waals surface area contributed by atoms with Crippen molar-refractivity contribution in [1.29, 1.82) is 0 Å². The third kappa shape index (κ3) is 5.10. The van der Waals surface area contributed by atoms with Crippen LogP contribution >= 0.6 is 0 Å². The van der Waals surface area contributed by atoms with E-state index in [1.165, 1.54) is 0 Å². The maximum Gasteiger partial charge on any atom is 0.332 e. The number of carboxylic acid groups (broad SMARTS) is 2. The van der Waals surface area contributed by atoms with E-state index < -0.39 is 11.9 Å². The van der Waals surface area contributed by atoms with E-state index in [2.05, 4.69) is 4.90 Å². The van der Waals surface area contributed by atoms with Crippen LogP contribution in [0.15, 0.2) is 11.1 Å². The summed E-state index contributed by atoms with van der Waals surface area (Å²) in [6.07, 6.45) is 1.06. The number of aliphatic carboxylic acids is 2. The van der Waals surface area contributed by atoms with Crippen LogP contribution in [0.4, 0.5) is 0 Å². The lowest BCUT2D eigenvalue weighted by molar-refractivity contribution is -0.136. The van der Waals surface area contributed by atoms with Crippen LogP contribution in [0.5, 0.6) is 0 Å². The highest BCUT2D eigenvalue weighted by atomic mass is 16.5. The van der Waals surface area contributed by atoms with E-state index in [1.807, 2.05) is 13.8 Å². The standard InChI is InChI=1S/C16H27NO5/c1-4-11(2)12(3)14(16(20)21)13(15(18)19)5-6-17-7-9-22-10-8-17/h11-12H,4-10H2,1-3H3,(H,18,19)(H,20,21). The zero-order valence-corrected chi connectivity index (χ0v) is 13.7. The van der Waals surface area contributed by atoms with Crippen molar-refractivity contribution in [2.45, 2.75) is 33.6 Å². The highest BCUT2D eigenvalue weighted by Crippen LogP contribution is 2.27. The van der Waals surface area contributed by atoms with E-state index in [9.17, 15) is 19.8 Å². The highest BCUT2D eigenvalue weighted by Gasteiger charge is 2.28. The molecule has 2 N–H and O–H groups in total. The lowest BCUT2D eigenvalue weighted by atomic mass is 9.83. The molecule has 1 saturated heterocycles. The zero-order chi connectivity index (χ0) is 16.7. The fourth-order valence-electron chi connectivity index (χ4n) is 2.69. The van der Waals surface area contributed by atoms with E-state index in [0.717, 1.165) is 19.5 Å². The third-order valence-electron chi connectivity index (χ3n) is 4.55. The highest BCUT2D eigenvalue weighted by molar-refractivity contribution is 5.99. The van der Waals surface area contributed by atoms with E-state index in [1.54, 1.807) is 6.92 Å². The maximum atomic E-state index is 11.6. The Balaban J connectivity index is 2.94. The third-order valence-corrected chi connectivity index (χ3v) is 4.55. The maximum absolute atomic E-state index is 11.6. The topological polar surface area (TPSA) is 87.1 Å². The molecule has 126 valence electrons.